The summed E-state index contributed by atoms with van der Waals surface area (Å²) in [6.07, 6.45) is 7.10. The highest BCUT2D eigenvalue weighted by Crippen LogP contribution is 2.46. The van der Waals surface area contributed by atoms with E-state index in [2.05, 4.69) is 68.5 Å². The number of aryl methyl sites for hydroxylation is 2. The zero-order valence-electron chi connectivity index (χ0n) is 22.1. The van der Waals surface area contributed by atoms with Crippen molar-refractivity contribution < 1.29 is 14.4 Å². The first-order valence-corrected chi connectivity index (χ1v) is 13.2. The summed E-state index contributed by atoms with van der Waals surface area (Å²) >= 11 is 0. The molecule has 0 aromatic heterocycles. The molecule has 0 radical (unpaired) electrons. The molecule has 0 N–H and O–H groups in total. The van der Waals surface area contributed by atoms with Crippen LogP contribution in [0.25, 0.3) is 5.57 Å². The highest BCUT2D eigenvalue weighted by molar-refractivity contribution is 6.28. The smallest absolute Gasteiger partial charge is 0.176 e. The van der Waals surface area contributed by atoms with Gasteiger partial charge >= 0.3 is 0 Å². The zero-order valence-corrected chi connectivity index (χ0v) is 22.1. The van der Waals surface area contributed by atoms with Crippen LogP contribution in [0.1, 0.15) is 75.6 Å². The summed E-state index contributed by atoms with van der Waals surface area (Å²) in [6, 6.07) is 17.0. The standard InChI is InChI=1S/C33H36O3/c1-6-23-14-11-15-24(7-2)30(23)31-26(16-18-27(31)25-12-9-8-10-13-25)17-19-28(34)29-20(3)21(4)32(35)22(5)33(29)36/h8-16,18,21-22,31H,6-7,17,19H2,1-5H3. The average Bonchev–Trinajstić information content (AvgIpc) is 3.33. The van der Waals surface area contributed by atoms with Gasteiger partial charge in [0.2, 0.25) is 0 Å². The third-order valence-electron chi connectivity index (χ3n) is 8.06. The normalized spacial score (nSPS) is 22.1. The Labute approximate surface area is 215 Å². The van der Waals surface area contributed by atoms with E-state index < -0.39 is 5.92 Å². The van der Waals surface area contributed by atoms with Gasteiger partial charge in [0.1, 0.15) is 5.78 Å². The van der Waals surface area contributed by atoms with Gasteiger partial charge in [0.05, 0.1) is 11.5 Å². The van der Waals surface area contributed by atoms with E-state index in [4.69, 9.17) is 0 Å². The van der Waals surface area contributed by atoms with Crippen molar-refractivity contribution in [1.82, 2.24) is 0 Å². The fraction of sp³-hybridized carbons (Fsp3) is 0.364. The van der Waals surface area contributed by atoms with Crippen LogP contribution < -0.4 is 0 Å². The highest BCUT2D eigenvalue weighted by Gasteiger charge is 2.39. The topological polar surface area (TPSA) is 51.2 Å². The maximum absolute atomic E-state index is 13.4. The zero-order chi connectivity index (χ0) is 26.0. The van der Waals surface area contributed by atoms with E-state index in [1.807, 2.05) is 6.07 Å². The fourth-order valence-corrected chi connectivity index (χ4v) is 5.79. The van der Waals surface area contributed by atoms with Gasteiger partial charge in [-0.25, -0.2) is 0 Å². The molecule has 0 saturated carbocycles. The van der Waals surface area contributed by atoms with Gasteiger partial charge in [0.25, 0.3) is 0 Å². The molecular formula is C33H36O3. The summed E-state index contributed by atoms with van der Waals surface area (Å²) in [5, 5.41) is 0. The molecule has 3 nitrogen and oxygen atoms in total. The summed E-state index contributed by atoms with van der Waals surface area (Å²) < 4.78 is 0. The monoisotopic (exact) mass is 480 g/mol. The molecule has 2 aliphatic carbocycles. The number of ketones is 3. The largest absolute Gasteiger partial charge is 0.298 e. The lowest BCUT2D eigenvalue weighted by molar-refractivity contribution is -0.133. The van der Waals surface area contributed by atoms with Crippen LogP contribution in [-0.2, 0) is 27.2 Å². The van der Waals surface area contributed by atoms with Crippen LogP contribution in [0, 0.1) is 11.8 Å². The maximum atomic E-state index is 13.4. The van der Waals surface area contributed by atoms with Crippen LogP contribution in [0.5, 0.6) is 0 Å². The maximum Gasteiger partial charge on any atom is 0.176 e. The predicted octanol–water partition coefficient (Wildman–Crippen LogP) is 7.01. The van der Waals surface area contributed by atoms with Crippen LogP contribution in [-0.4, -0.2) is 17.3 Å². The second kappa shape index (κ2) is 10.7. The van der Waals surface area contributed by atoms with Gasteiger partial charge in [0, 0.05) is 18.3 Å². The second-order valence-corrected chi connectivity index (χ2v) is 10.1. The molecule has 2 aliphatic rings. The number of carbonyl (C=O) groups excluding carboxylic acids is 3. The molecule has 0 heterocycles. The van der Waals surface area contributed by atoms with Crippen molar-refractivity contribution in [3.63, 3.8) is 0 Å². The number of hydrogen-bond acceptors (Lipinski definition) is 3. The molecule has 3 heteroatoms. The summed E-state index contributed by atoms with van der Waals surface area (Å²) in [6.45, 7) is 9.57. The summed E-state index contributed by atoms with van der Waals surface area (Å²) in [5.74, 6) is -1.59. The minimum absolute atomic E-state index is 0.0860. The van der Waals surface area contributed by atoms with Crippen LogP contribution >= 0.6 is 0 Å². The van der Waals surface area contributed by atoms with Crippen LogP contribution in [0.3, 0.4) is 0 Å². The molecular weight excluding hydrogens is 444 g/mol. The number of carbonyl (C=O) groups is 3. The van der Waals surface area contributed by atoms with E-state index in [9.17, 15) is 14.4 Å². The number of hydrogen-bond donors (Lipinski definition) is 0. The number of rotatable bonds is 8. The molecule has 0 saturated heterocycles. The van der Waals surface area contributed by atoms with Gasteiger partial charge in [-0.2, -0.15) is 0 Å². The third kappa shape index (κ3) is 4.59. The first kappa shape index (κ1) is 25.8. The van der Waals surface area contributed by atoms with Crippen molar-refractivity contribution in [2.24, 2.45) is 11.8 Å². The fourth-order valence-electron chi connectivity index (χ4n) is 5.79. The van der Waals surface area contributed by atoms with E-state index in [0.717, 1.165) is 12.8 Å². The lowest BCUT2D eigenvalue weighted by atomic mass is 9.74. The summed E-state index contributed by atoms with van der Waals surface area (Å²) in [7, 11) is 0. The van der Waals surface area contributed by atoms with Gasteiger partial charge in [-0.3, -0.25) is 14.4 Å². The van der Waals surface area contributed by atoms with Crippen LogP contribution in [0.4, 0.5) is 0 Å². The Kier molecular flexibility index (Phi) is 7.68. The molecule has 0 bridgehead atoms. The van der Waals surface area contributed by atoms with Gasteiger partial charge in [-0.1, -0.05) is 87.0 Å². The SMILES string of the molecule is CCc1cccc(CC)c1C1C(CCC(=O)C2=C(C)C(C)C(=O)C(C)C2=O)=CC=C1c1ccccc1. The molecule has 0 spiro atoms. The van der Waals surface area contributed by atoms with E-state index >= 15 is 0 Å². The molecule has 36 heavy (non-hydrogen) atoms. The van der Waals surface area contributed by atoms with E-state index in [1.165, 1.54) is 33.4 Å². The predicted molar refractivity (Wildman–Crippen MR) is 146 cm³/mol. The van der Waals surface area contributed by atoms with Crippen LogP contribution in [0.2, 0.25) is 0 Å². The average molecular weight is 481 g/mol. The van der Waals surface area contributed by atoms with Gasteiger partial charge < -0.3 is 0 Å². The molecule has 186 valence electrons. The highest BCUT2D eigenvalue weighted by atomic mass is 16.2. The first-order chi connectivity index (χ1) is 17.3. The second-order valence-electron chi connectivity index (χ2n) is 10.1. The van der Waals surface area contributed by atoms with Gasteiger partial charge in [-0.05, 0) is 66.5 Å². The quantitative estimate of drug-likeness (QED) is 0.302. The van der Waals surface area contributed by atoms with E-state index in [1.54, 1.807) is 20.8 Å². The van der Waals surface area contributed by atoms with E-state index in [0.29, 0.717) is 12.0 Å². The van der Waals surface area contributed by atoms with Crippen molar-refractivity contribution in [1.29, 1.82) is 0 Å². The van der Waals surface area contributed by atoms with Crippen molar-refractivity contribution >= 4 is 22.9 Å². The van der Waals surface area contributed by atoms with Crippen molar-refractivity contribution in [3.8, 4) is 0 Å². The van der Waals surface area contributed by atoms with Crippen LogP contribution in [0.15, 0.2) is 77.4 Å². The van der Waals surface area contributed by atoms with Gasteiger partial charge in [-0.15, -0.1) is 0 Å². The molecule has 2 aromatic rings. The number of allylic oxidation sites excluding steroid dienone is 6. The molecule has 0 fully saturated rings. The Balaban J connectivity index is 1.68. The van der Waals surface area contributed by atoms with Crippen molar-refractivity contribution in [2.45, 2.75) is 66.2 Å². The lowest BCUT2D eigenvalue weighted by Gasteiger charge is -2.27. The number of Topliss-reactive ketones (excluding diaryl/α,β-unsaturated/α-hetero) is 3. The Hall–Kier alpha value is -3.33. The molecule has 2 aromatic carbocycles. The molecule has 0 aliphatic heterocycles. The lowest BCUT2D eigenvalue weighted by Crippen LogP contribution is -2.36. The Bertz CT molecular complexity index is 1270. The first-order valence-electron chi connectivity index (χ1n) is 13.2. The Morgan fingerprint density at radius 1 is 0.833 bits per heavy atom. The van der Waals surface area contributed by atoms with Crippen molar-refractivity contribution in [2.75, 3.05) is 0 Å². The molecule has 0 amide bonds. The molecule has 4 rings (SSSR count). The molecule has 3 atom stereocenters. The summed E-state index contributed by atoms with van der Waals surface area (Å²) in [4.78, 5) is 38.7. The minimum atomic E-state index is -0.740. The third-order valence-corrected chi connectivity index (χ3v) is 8.06. The number of benzene rings is 2. The van der Waals surface area contributed by atoms with E-state index in [-0.39, 0.29) is 41.2 Å². The van der Waals surface area contributed by atoms with Gasteiger partial charge in [0.15, 0.2) is 11.6 Å². The Morgan fingerprint density at radius 2 is 1.47 bits per heavy atom. The Morgan fingerprint density at radius 3 is 2.08 bits per heavy atom. The minimum Gasteiger partial charge on any atom is -0.298 e. The summed E-state index contributed by atoms with van der Waals surface area (Å²) in [5.41, 5.74) is 8.55. The van der Waals surface area contributed by atoms with Crippen molar-refractivity contribution in [3.05, 3.63) is 99.7 Å². The molecule has 3 unspecified atom stereocenters.